The third-order valence-electron chi connectivity index (χ3n) is 5.29. The monoisotopic (exact) mass is 393 g/mol. The SMILES string of the molecule is CCCc1ccc([C@]2(C)NC(=O)N(CC(=O)Nc3ccc(CC)cc3)C2=O)cc1. The summed E-state index contributed by atoms with van der Waals surface area (Å²) in [6, 6.07) is 14.6. The molecule has 0 radical (unpaired) electrons. The normalized spacial score (nSPS) is 18.7. The Morgan fingerprint density at radius 3 is 2.21 bits per heavy atom. The number of imide groups is 1. The predicted octanol–water partition coefficient (Wildman–Crippen LogP) is 3.61. The van der Waals surface area contributed by atoms with Crippen molar-refractivity contribution in [1.82, 2.24) is 10.2 Å². The maximum Gasteiger partial charge on any atom is 0.325 e. The van der Waals surface area contributed by atoms with Crippen LogP contribution in [0.15, 0.2) is 48.5 Å². The Labute approximate surface area is 171 Å². The van der Waals surface area contributed by atoms with Crippen LogP contribution in [0, 0.1) is 0 Å². The molecule has 152 valence electrons. The second-order valence-electron chi connectivity index (χ2n) is 7.49. The van der Waals surface area contributed by atoms with Crippen molar-refractivity contribution in [2.75, 3.05) is 11.9 Å². The summed E-state index contributed by atoms with van der Waals surface area (Å²) in [5.74, 6) is -0.845. The smallest absolute Gasteiger partial charge is 0.325 e. The van der Waals surface area contributed by atoms with Gasteiger partial charge in [0.05, 0.1) is 0 Å². The Kier molecular flexibility index (Phi) is 6.01. The molecular formula is C23H27N3O3. The summed E-state index contributed by atoms with van der Waals surface area (Å²) in [4.78, 5) is 38.8. The molecule has 0 spiro atoms. The van der Waals surface area contributed by atoms with Crippen LogP contribution in [-0.4, -0.2) is 29.3 Å². The van der Waals surface area contributed by atoms with Crippen LogP contribution < -0.4 is 10.6 Å². The number of amides is 4. The van der Waals surface area contributed by atoms with Gasteiger partial charge in [0.15, 0.2) is 0 Å². The minimum atomic E-state index is -1.18. The molecule has 0 unspecified atom stereocenters. The zero-order valence-corrected chi connectivity index (χ0v) is 17.1. The first kappa shape index (κ1) is 20.6. The predicted molar refractivity (Wildman–Crippen MR) is 112 cm³/mol. The number of carbonyl (C=O) groups is 3. The third kappa shape index (κ3) is 4.31. The van der Waals surface area contributed by atoms with Crippen LogP contribution in [0.5, 0.6) is 0 Å². The van der Waals surface area contributed by atoms with Crippen LogP contribution in [-0.2, 0) is 28.0 Å². The van der Waals surface area contributed by atoms with E-state index in [-0.39, 0.29) is 6.54 Å². The van der Waals surface area contributed by atoms with Crippen molar-refractivity contribution in [3.05, 3.63) is 65.2 Å². The number of hydrogen-bond acceptors (Lipinski definition) is 3. The zero-order valence-electron chi connectivity index (χ0n) is 17.1. The van der Waals surface area contributed by atoms with E-state index in [0.29, 0.717) is 11.3 Å². The number of nitrogens with zero attached hydrogens (tertiary/aromatic N) is 1. The first-order chi connectivity index (χ1) is 13.9. The van der Waals surface area contributed by atoms with Crippen molar-refractivity contribution < 1.29 is 14.4 Å². The average molecular weight is 393 g/mol. The highest BCUT2D eigenvalue weighted by Crippen LogP contribution is 2.29. The number of hydrogen-bond donors (Lipinski definition) is 2. The van der Waals surface area contributed by atoms with Gasteiger partial charge < -0.3 is 10.6 Å². The maximum absolute atomic E-state index is 13.0. The number of rotatable bonds is 7. The van der Waals surface area contributed by atoms with Gasteiger partial charge in [-0.1, -0.05) is 56.7 Å². The van der Waals surface area contributed by atoms with E-state index >= 15 is 0 Å². The molecule has 29 heavy (non-hydrogen) atoms. The van der Waals surface area contributed by atoms with E-state index in [1.807, 2.05) is 48.5 Å². The highest BCUT2D eigenvalue weighted by Gasteiger charge is 2.49. The van der Waals surface area contributed by atoms with Crippen LogP contribution in [0.2, 0.25) is 0 Å². The highest BCUT2D eigenvalue weighted by molar-refractivity contribution is 6.10. The average Bonchev–Trinajstić information content (AvgIpc) is 2.93. The van der Waals surface area contributed by atoms with E-state index in [1.165, 1.54) is 5.56 Å². The van der Waals surface area contributed by atoms with Crippen molar-refractivity contribution in [1.29, 1.82) is 0 Å². The molecule has 1 atom stereocenters. The summed E-state index contributed by atoms with van der Waals surface area (Å²) < 4.78 is 0. The van der Waals surface area contributed by atoms with Gasteiger partial charge in [-0.3, -0.25) is 14.5 Å². The summed E-state index contributed by atoms with van der Waals surface area (Å²) in [5, 5.41) is 5.48. The van der Waals surface area contributed by atoms with Gasteiger partial charge in [0, 0.05) is 5.69 Å². The van der Waals surface area contributed by atoms with E-state index in [2.05, 4.69) is 24.5 Å². The van der Waals surface area contributed by atoms with E-state index < -0.39 is 23.4 Å². The molecule has 1 aliphatic heterocycles. The summed E-state index contributed by atoms with van der Waals surface area (Å²) >= 11 is 0. The van der Waals surface area contributed by atoms with Crippen LogP contribution in [0.25, 0.3) is 0 Å². The minimum Gasteiger partial charge on any atom is -0.325 e. The quantitative estimate of drug-likeness (QED) is 0.706. The number of anilines is 1. The van der Waals surface area contributed by atoms with E-state index in [1.54, 1.807) is 6.92 Å². The molecule has 1 heterocycles. The fourth-order valence-corrected chi connectivity index (χ4v) is 3.50. The maximum atomic E-state index is 13.0. The van der Waals surface area contributed by atoms with Gasteiger partial charge in [-0.05, 0) is 48.6 Å². The molecule has 0 bridgehead atoms. The lowest BCUT2D eigenvalue weighted by atomic mass is 9.91. The van der Waals surface area contributed by atoms with Gasteiger partial charge in [-0.25, -0.2) is 4.79 Å². The molecule has 2 N–H and O–H groups in total. The molecular weight excluding hydrogens is 366 g/mol. The van der Waals surface area contributed by atoms with Gasteiger partial charge in [0.25, 0.3) is 5.91 Å². The number of nitrogens with one attached hydrogen (secondary N) is 2. The van der Waals surface area contributed by atoms with Crippen molar-refractivity contribution in [3.8, 4) is 0 Å². The Morgan fingerprint density at radius 1 is 1.00 bits per heavy atom. The second-order valence-corrected chi connectivity index (χ2v) is 7.49. The fourth-order valence-electron chi connectivity index (χ4n) is 3.50. The third-order valence-corrected chi connectivity index (χ3v) is 5.29. The van der Waals surface area contributed by atoms with E-state index in [4.69, 9.17) is 0 Å². The van der Waals surface area contributed by atoms with E-state index in [0.717, 1.165) is 29.7 Å². The lowest BCUT2D eigenvalue weighted by molar-refractivity contribution is -0.133. The van der Waals surface area contributed by atoms with Crippen molar-refractivity contribution in [2.24, 2.45) is 0 Å². The number of aryl methyl sites for hydroxylation is 2. The molecule has 2 aromatic rings. The van der Waals surface area contributed by atoms with Gasteiger partial charge in [-0.15, -0.1) is 0 Å². The van der Waals surface area contributed by atoms with Crippen LogP contribution in [0.4, 0.5) is 10.5 Å². The van der Waals surface area contributed by atoms with Crippen molar-refractivity contribution in [3.63, 3.8) is 0 Å². The largest absolute Gasteiger partial charge is 0.325 e. The molecule has 4 amide bonds. The molecule has 0 aliphatic carbocycles. The molecule has 6 heteroatoms. The Morgan fingerprint density at radius 2 is 1.62 bits per heavy atom. The minimum absolute atomic E-state index is 0.330. The zero-order chi connectivity index (χ0) is 21.0. The summed E-state index contributed by atoms with van der Waals surface area (Å²) in [6.45, 7) is 5.50. The topological polar surface area (TPSA) is 78.5 Å². The van der Waals surface area contributed by atoms with Gasteiger partial charge in [0.1, 0.15) is 12.1 Å². The Bertz CT molecular complexity index is 906. The molecule has 1 fully saturated rings. The first-order valence-electron chi connectivity index (χ1n) is 9.99. The molecule has 2 aromatic carbocycles. The highest BCUT2D eigenvalue weighted by atomic mass is 16.2. The molecule has 6 nitrogen and oxygen atoms in total. The van der Waals surface area contributed by atoms with Crippen LogP contribution >= 0.6 is 0 Å². The van der Waals surface area contributed by atoms with Crippen molar-refractivity contribution >= 4 is 23.5 Å². The lowest BCUT2D eigenvalue weighted by Gasteiger charge is -2.22. The Hall–Kier alpha value is -3.15. The van der Waals surface area contributed by atoms with Gasteiger partial charge in [0.2, 0.25) is 5.91 Å². The van der Waals surface area contributed by atoms with E-state index in [9.17, 15) is 14.4 Å². The van der Waals surface area contributed by atoms with Gasteiger partial charge in [-0.2, -0.15) is 0 Å². The molecule has 0 aromatic heterocycles. The molecule has 1 saturated heterocycles. The lowest BCUT2D eigenvalue weighted by Crippen LogP contribution is -2.42. The number of carbonyl (C=O) groups excluding carboxylic acids is 3. The van der Waals surface area contributed by atoms with Crippen molar-refractivity contribution in [2.45, 2.75) is 45.6 Å². The number of benzene rings is 2. The summed E-state index contributed by atoms with van der Waals surface area (Å²) in [5.41, 5.74) is 2.51. The molecule has 3 rings (SSSR count). The van der Waals surface area contributed by atoms with Crippen LogP contribution in [0.1, 0.15) is 43.9 Å². The van der Waals surface area contributed by atoms with Crippen LogP contribution in [0.3, 0.4) is 0 Å². The summed E-state index contributed by atoms with van der Waals surface area (Å²) in [7, 11) is 0. The summed E-state index contributed by atoms with van der Waals surface area (Å²) in [6.07, 6.45) is 2.91. The first-order valence-corrected chi connectivity index (χ1v) is 9.99. The fraction of sp³-hybridized carbons (Fsp3) is 0.348. The Balaban J connectivity index is 1.69. The van der Waals surface area contributed by atoms with Gasteiger partial charge >= 0.3 is 6.03 Å². The number of urea groups is 1. The molecule has 1 aliphatic rings. The second kappa shape index (κ2) is 8.47. The standard InChI is InChI=1S/C23H27N3O3/c1-4-6-17-7-11-18(12-8-17)23(3)21(28)26(22(29)25-23)15-20(27)24-19-13-9-16(5-2)10-14-19/h7-14H,4-6,15H2,1-3H3,(H,24,27)(H,25,29)/t23-/m0/s1. The molecule has 0 saturated carbocycles.